The molecule has 2 atom stereocenters. The van der Waals surface area contributed by atoms with Crippen molar-refractivity contribution in [3.8, 4) is 0 Å². The van der Waals surface area contributed by atoms with Crippen molar-refractivity contribution in [1.29, 1.82) is 0 Å². The van der Waals surface area contributed by atoms with Crippen molar-refractivity contribution in [3.63, 3.8) is 0 Å². The van der Waals surface area contributed by atoms with Gasteiger partial charge in [-0.25, -0.2) is 0 Å². The molecule has 4 nitrogen and oxygen atoms in total. The van der Waals surface area contributed by atoms with Crippen LogP contribution < -0.4 is 0 Å². The predicted molar refractivity (Wildman–Crippen MR) is 69.5 cm³/mol. The number of likely N-dealkylation sites (tertiary alicyclic amines) is 1. The molecular formula is C14H24N2O2. The van der Waals surface area contributed by atoms with E-state index in [4.69, 9.17) is 0 Å². The lowest BCUT2D eigenvalue weighted by Gasteiger charge is -2.52. The second kappa shape index (κ2) is 4.49. The Morgan fingerprint density at radius 2 is 2.00 bits per heavy atom. The van der Waals surface area contributed by atoms with E-state index in [1.54, 1.807) is 0 Å². The SMILES string of the molecule is CC1(C(=O)O)CCCN(C2CN3CCC2CC3)C1. The molecule has 4 rings (SSSR count). The minimum Gasteiger partial charge on any atom is -0.481 e. The Labute approximate surface area is 109 Å². The van der Waals surface area contributed by atoms with Gasteiger partial charge < -0.3 is 10.0 Å². The Morgan fingerprint density at radius 1 is 1.28 bits per heavy atom. The molecule has 2 bridgehead atoms. The highest BCUT2D eigenvalue weighted by Crippen LogP contribution is 2.36. The predicted octanol–water partition coefficient (Wildman–Crippen LogP) is 1.27. The number of hydrogen-bond donors (Lipinski definition) is 1. The molecular weight excluding hydrogens is 228 g/mol. The van der Waals surface area contributed by atoms with E-state index in [1.807, 2.05) is 6.92 Å². The van der Waals surface area contributed by atoms with Gasteiger partial charge in [0, 0.05) is 19.1 Å². The van der Waals surface area contributed by atoms with E-state index < -0.39 is 11.4 Å². The van der Waals surface area contributed by atoms with Crippen LogP contribution in [0.15, 0.2) is 0 Å². The molecule has 0 spiro atoms. The summed E-state index contributed by atoms with van der Waals surface area (Å²) in [6.45, 7) is 7.44. The van der Waals surface area contributed by atoms with Crippen LogP contribution in [0.2, 0.25) is 0 Å². The zero-order valence-corrected chi connectivity index (χ0v) is 11.3. The normalized spacial score (nSPS) is 45.1. The van der Waals surface area contributed by atoms with E-state index in [2.05, 4.69) is 9.80 Å². The Bertz CT molecular complexity index is 339. The van der Waals surface area contributed by atoms with Crippen molar-refractivity contribution >= 4 is 5.97 Å². The highest BCUT2D eigenvalue weighted by molar-refractivity contribution is 5.74. The molecule has 2 unspecified atom stereocenters. The molecule has 0 aromatic rings. The van der Waals surface area contributed by atoms with Crippen LogP contribution in [-0.4, -0.2) is 59.6 Å². The Balaban J connectivity index is 1.71. The van der Waals surface area contributed by atoms with Crippen molar-refractivity contribution in [3.05, 3.63) is 0 Å². The van der Waals surface area contributed by atoms with Crippen LogP contribution in [0.1, 0.15) is 32.6 Å². The second-order valence-corrected chi connectivity index (χ2v) is 6.65. The van der Waals surface area contributed by atoms with Crippen LogP contribution in [0.3, 0.4) is 0 Å². The van der Waals surface area contributed by atoms with Gasteiger partial charge in [-0.15, -0.1) is 0 Å². The number of carboxylic acid groups (broad SMARTS) is 1. The van der Waals surface area contributed by atoms with E-state index in [1.165, 1.54) is 32.5 Å². The molecule has 4 saturated heterocycles. The first-order valence-electron chi connectivity index (χ1n) is 7.28. The van der Waals surface area contributed by atoms with Gasteiger partial charge >= 0.3 is 5.97 Å². The quantitative estimate of drug-likeness (QED) is 0.804. The molecule has 0 radical (unpaired) electrons. The summed E-state index contributed by atoms with van der Waals surface area (Å²) in [7, 11) is 0. The van der Waals surface area contributed by atoms with Crippen molar-refractivity contribution in [2.45, 2.75) is 38.6 Å². The lowest BCUT2D eigenvalue weighted by molar-refractivity contribution is -0.153. The number of piperidine rings is 4. The lowest BCUT2D eigenvalue weighted by atomic mass is 9.78. The Hall–Kier alpha value is -0.610. The van der Waals surface area contributed by atoms with Gasteiger partial charge in [0.15, 0.2) is 0 Å². The molecule has 102 valence electrons. The van der Waals surface area contributed by atoms with Gasteiger partial charge in [-0.05, 0) is 58.2 Å². The smallest absolute Gasteiger partial charge is 0.310 e. The number of nitrogens with zero attached hydrogens (tertiary/aromatic N) is 2. The average Bonchev–Trinajstić information content (AvgIpc) is 2.40. The van der Waals surface area contributed by atoms with E-state index in [-0.39, 0.29) is 0 Å². The molecule has 0 amide bonds. The molecule has 0 aromatic heterocycles. The summed E-state index contributed by atoms with van der Waals surface area (Å²) in [4.78, 5) is 16.5. The van der Waals surface area contributed by atoms with E-state index in [9.17, 15) is 9.90 Å². The Morgan fingerprint density at radius 3 is 2.56 bits per heavy atom. The first-order chi connectivity index (χ1) is 8.58. The van der Waals surface area contributed by atoms with Gasteiger partial charge in [0.1, 0.15) is 0 Å². The van der Waals surface area contributed by atoms with Crippen LogP contribution in [0.25, 0.3) is 0 Å². The number of carboxylic acids is 1. The summed E-state index contributed by atoms with van der Waals surface area (Å²) < 4.78 is 0. The molecule has 4 aliphatic heterocycles. The minimum absolute atomic E-state index is 0.524. The van der Waals surface area contributed by atoms with Crippen LogP contribution in [0, 0.1) is 11.3 Å². The van der Waals surface area contributed by atoms with E-state index in [0.29, 0.717) is 6.04 Å². The summed E-state index contributed by atoms with van der Waals surface area (Å²) in [5.74, 6) is 0.194. The monoisotopic (exact) mass is 252 g/mol. The molecule has 4 heterocycles. The molecule has 0 saturated carbocycles. The number of fused-ring (bicyclic) bond motifs is 3. The third-order valence-electron chi connectivity index (χ3n) is 5.33. The van der Waals surface area contributed by atoms with E-state index in [0.717, 1.165) is 31.8 Å². The standard InChI is InChI=1S/C14H24N2O2/c1-14(13(17)18)5-2-6-16(10-14)12-9-15-7-3-11(12)4-8-15/h11-12H,2-10H2,1H3,(H,17,18). The lowest BCUT2D eigenvalue weighted by Crippen LogP contribution is -2.60. The minimum atomic E-state index is -0.617. The summed E-state index contributed by atoms with van der Waals surface area (Å²) in [5.41, 5.74) is -0.524. The Kier molecular flexibility index (Phi) is 3.10. The van der Waals surface area contributed by atoms with Crippen LogP contribution in [0.5, 0.6) is 0 Å². The second-order valence-electron chi connectivity index (χ2n) is 6.65. The third-order valence-corrected chi connectivity index (χ3v) is 5.33. The maximum Gasteiger partial charge on any atom is 0.310 e. The molecule has 18 heavy (non-hydrogen) atoms. The van der Waals surface area contributed by atoms with Crippen molar-refractivity contribution in [1.82, 2.24) is 9.80 Å². The maximum atomic E-state index is 11.4. The van der Waals surface area contributed by atoms with Crippen LogP contribution >= 0.6 is 0 Å². The fraction of sp³-hybridized carbons (Fsp3) is 0.929. The first kappa shape index (κ1) is 12.4. The van der Waals surface area contributed by atoms with Gasteiger partial charge in [-0.1, -0.05) is 0 Å². The highest BCUT2D eigenvalue weighted by Gasteiger charge is 2.44. The fourth-order valence-electron chi connectivity index (χ4n) is 4.08. The number of hydrogen-bond acceptors (Lipinski definition) is 3. The highest BCUT2D eigenvalue weighted by atomic mass is 16.4. The fourth-order valence-corrected chi connectivity index (χ4v) is 4.08. The largest absolute Gasteiger partial charge is 0.481 e. The molecule has 1 N–H and O–H groups in total. The van der Waals surface area contributed by atoms with Crippen molar-refractivity contribution in [2.75, 3.05) is 32.7 Å². The van der Waals surface area contributed by atoms with Gasteiger partial charge in [-0.3, -0.25) is 9.69 Å². The summed E-state index contributed by atoms with van der Waals surface area (Å²) in [5, 5.41) is 9.41. The maximum absolute atomic E-state index is 11.4. The van der Waals surface area contributed by atoms with Crippen LogP contribution in [-0.2, 0) is 4.79 Å². The molecule has 4 aliphatic rings. The number of carbonyl (C=O) groups is 1. The summed E-state index contributed by atoms with van der Waals surface area (Å²) >= 11 is 0. The van der Waals surface area contributed by atoms with Gasteiger partial charge in [0.25, 0.3) is 0 Å². The molecule has 4 heteroatoms. The van der Waals surface area contributed by atoms with Gasteiger partial charge in [0.05, 0.1) is 5.41 Å². The number of aliphatic carboxylic acids is 1. The van der Waals surface area contributed by atoms with Crippen molar-refractivity contribution < 1.29 is 9.90 Å². The number of rotatable bonds is 2. The molecule has 0 aromatic carbocycles. The van der Waals surface area contributed by atoms with Gasteiger partial charge in [-0.2, -0.15) is 0 Å². The molecule has 4 fully saturated rings. The average molecular weight is 252 g/mol. The topological polar surface area (TPSA) is 43.8 Å². The van der Waals surface area contributed by atoms with Crippen molar-refractivity contribution in [2.24, 2.45) is 11.3 Å². The summed E-state index contributed by atoms with van der Waals surface area (Å²) in [6.07, 6.45) is 4.49. The zero-order valence-electron chi connectivity index (χ0n) is 11.3. The third kappa shape index (κ3) is 2.05. The van der Waals surface area contributed by atoms with Gasteiger partial charge in [0.2, 0.25) is 0 Å². The van der Waals surface area contributed by atoms with E-state index >= 15 is 0 Å². The molecule has 0 aliphatic carbocycles. The summed E-state index contributed by atoms with van der Waals surface area (Å²) in [6, 6.07) is 0.617. The van der Waals surface area contributed by atoms with Crippen LogP contribution in [0.4, 0.5) is 0 Å². The zero-order chi connectivity index (χ0) is 12.8. The first-order valence-corrected chi connectivity index (χ1v) is 7.28.